The topological polar surface area (TPSA) is 63.9 Å². The summed E-state index contributed by atoms with van der Waals surface area (Å²) in [6.07, 6.45) is 4.87. The average Bonchev–Trinajstić information content (AvgIpc) is 3.09. The molecular weight excluding hydrogens is 342 g/mol. The van der Waals surface area contributed by atoms with E-state index in [0.717, 1.165) is 49.1 Å². The zero-order chi connectivity index (χ0) is 19.6. The maximum absolute atomic E-state index is 5.50. The van der Waals surface area contributed by atoms with Crippen LogP contribution < -0.4 is 14.8 Å². The van der Waals surface area contributed by atoms with Crippen molar-refractivity contribution >= 4 is 5.96 Å². The number of aromatic nitrogens is 2. The van der Waals surface area contributed by atoms with Crippen molar-refractivity contribution in [3.63, 3.8) is 0 Å². The van der Waals surface area contributed by atoms with E-state index in [1.165, 1.54) is 5.56 Å². The Morgan fingerprint density at radius 3 is 2.74 bits per heavy atom. The molecule has 148 valence electrons. The predicted molar refractivity (Wildman–Crippen MR) is 109 cm³/mol. The van der Waals surface area contributed by atoms with Crippen molar-refractivity contribution < 1.29 is 9.47 Å². The van der Waals surface area contributed by atoms with Crippen LogP contribution in [0.5, 0.6) is 11.5 Å². The number of aliphatic imine (C=N–C) groups is 1. The van der Waals surface area contributed by atoms with Gasteiger partial charge in [-0.2, -0.15) is 5.10 Å². The number of nitrogens with one attached hydrogen (secondary N) is 1. The maximum Gasteiger partial charge on any atom is 0.193 e. The lowest BCUT2D eigenvalue weighted by Crippen LogP contribution is -2.38. The SMILES string of the molecule is CCNC(=NCCCn1cc(C)cn1)N(C)Cc1ccc(OC)cc1OC. The summed E-state index contributed by atoms with van der Waals surface area (Å²) in [6.45, 7) is 7.24. The minimum absolute atomic E-state index is 0.692. The molecular formula is C20H31N5O2. The monoisotopic (exact) mass is 373 g/mol. The summed E-state index contributed by atoms with van der Waals surface area (Å²) in [5, 5.41) is 7.66. The van der Waals surface area contributed by atoms with E-state index in [-0.39, 0.29) is 0 Å². The van der Waals surface area contributed by atoms with Crippen LogP contribution in [0.3, 0.4) is 0 Å². The highest BCUT2D eigenvalue weighted by Gasteiger charge is 2.11. The molecule has 0 spiro atoms. The van der Waals surface area contributed by atoms with E-state index in [1.807, 2.05) is 43.0 Å². The van der Waals surface area contributed by atoms with Crippen LogP contribution in [0.4, 0.5) is 0 Å². The Balaban J connectivity index is 1.97. The molecule has 0 unspecified atom stereocenters. The van der Waals surface area contributed by atoms with Crippen LogP contribution in [0.1, 0.15) is 24.5 Å². The van der Waals surface area contributed by atoms with E-state index in [2.05, 4.69) is 28.4 Å². The predicted octanol–water partition coefficient (Wildman–Crippen LogP) is 2.70. The third-order valence-corrected chi connectivity index (χ3v) is 4.17. The molecule has 1 aromatic heterocycles. The Bertz CT molecular complexity index is 742. The van der Waals surface area contributed by atoms with Gasteiger partial charge in [0.15, 0.2) is 5.96 Å². The Labute approximate surface area is 162 Å². The molecule has 0 fully saturated rings. The van der Waals surface area contributed by atoms with E-state index >= 15 is 0 Å². The smallest absolute Gasteiger partial charge is 0.193 e. The average molecular weight is 374 g/mol. The molecule has 7 heteroatoms. The summed E-state index contributed by atoms with van der Waals surface area (Å²) < 4.78 is 12.7. The molecule has 1 N–H and O–H groups in total. The van der Waals surface area contributed by atoms with Gasteiger partial charge in [0.05, 0.1) is 20.4 Å². The molecule has 2 aromatic rings. The van der Waals surface area contributed by atoms with E-state index < -0.39 is 0 Å². The third-order valence-electron chi connectivity index (χ3n) is 4.17. The van der Waals surface area contributed by atoms with Gasteiger partial charge in [0, 0.05) is 51.1 Å². The van der Waals surface area contributed by atoms with Crippen LogP contribution in [0.2, 0.25) is 0 Å². The fourth-order valence-electron chi connectivity index (χ4n) is 2.79. The van der Waals surface area contributed by atoms with Crippen molar-refractivity contribution in [1.29, 1.82) is 0 Å². The number of benzene rings is 1. The van der Waals surface area contributed by atoms with Crippen LogP contribution in [0.15, 0.2) is 35.6 Å². The number of methoxy groups -OCH3 is 2. The molecule has 0 aliphatic heterocycles. The second-order valence-electron chi connectivity index (χ2n) is 6.40. The first-order valence-electron chi connectivity index (χ1n) is 9.26. The Morgan fingerprint density at radius 1 is 1.30 bits per heavy atom. The third kappa shape index (κ3) is 6.20. The van der Waals surface area contributed by atoms with Gasteiger partial charge < -0.3 is 19.7 Å². The van der Waals surface area contributed by atoms with E-state index in [4.69, 9.17) is 14.5 Å². The summed E-state index contributed by atoms with van der Waals surface area (Å²) in [5.74, 6) is 2.48. The fourth-order valence-corrected chi connectivity index (χ4v) is 2.79. The fraction of sp³-hybridized carbons (Fsp3) is 0.500. The number of hydrogen-bond donors (Lipinski definition) is 1. The van der Waals surface area contributed by atoms with Gasteiger partial charge in [-0.05, 0) is 38.0 Å². The lowest BCUT2D eigenvalue weighted by molar-refractivity contribution is 0.382. The molecule has 0 saturated carbocycles. The summed E-state index contributed by atoms with van der Waals surface area (Å²) >= 11 is 0. The van der Waals surface area contributed by atoms with Crippen molar-refractivity contribution in [2.24, 2.45) is 4.99 Å². The summed E-state index contributed by atoms with van der Waals surface area (Å²) in [5.41, 5.74) is 2.26. The summed E-state index contributed by atoms with van der Waals surface area (Å²) in [6, 6.07) is 5.87. The minimum atomic E-state index is 0.692. The molecule has 1 heterocycles. The summed E-state index contributed by atoms with van der Waals surface area (Å²) in [7, 11) is 5.36. The van der Waals surface area contributed by atoms with Crippen LogP contribution in [0, 0.1) is 6.92 Å². The normalized spacial score (nSPS) is 11.4. The van der Waals surface area contributed by atoms with Crippen molar-refractivity contribution in [2.75, 3.05) is 34.4 Å². The Hall–Kier alpha value is -2.70. The molecule has 0 aliphatic carbocycles. The van der Waals surface area contributed by atoms with E-state index in [9.17, 15) is 0 Å². The molecule has 0 amide bonds. The molecule has 2 rings (SSSR count). The first kappa shape index (κ1) is 20.6. The second-order valence-corrected chi connectivity index (χ2v) is 6.40. The number of guanidine groups is 1. The van der Waals surface area contributed by atoms with Gasteiger partial charge in [-0.25, -0.2) is 0 Å². The first-order chi connectivity index (χ1) is 13.1. The van der Waals surface area contributed by atoms with Gasteiger partial charge in [-0.1, -0.05) is 0 Å². The number of nitrogens with zero attached hydrogens (tertiary/aromatic N) is 4. The number of aryl methyl sites for hydroxylation is 2. The zero-order valence-corrected chi connectivity index (χ0v) is 17.0. The highest BCUT2D eigenvalue weighted by atomic mass is 16.5. The van der Waals surface area contributed by atoms with Gasteiger partial charge in [-0.3, -0.25) is 9.67 Å². The van der Waals surface area contributed by atoms with E-state index in [1.54, 1.807) is 14.2 Å². The molecule has 0 aliphatic rings. The van der Waals surface area contributed by atoms with E-state index in [0.29, 0.717) is 6.54 Å². The molecule has 0 saturated heterocycles. The second kappa shape index (κ2) is 10.4. The molecule has 0 atom stereocenters. The molecule has 27 heavy (non-hydrogen) atoms. The van der Waals surface area contributed by atoms with Crippen molar-refractivity contribution in [2.45, 2.75) is 33.4 Å². The van der Waals surface area contributed by atoms with Gasteiger partial charge >= 0.3 is 0 Å². The number of hydrogen-bond acceptors (Lipinski definition) is 4. The van der Waals surface area contributed by atoms with Gasteiger partial charge in [0.25, 0.3) is 0 Å². The molecule has 1 aromatic carbocycles. The van der Waals surface area contributed by atoms with Crippen LogP contribution in [-0.4, -0.2) is 55.0 Å². The quantitative estimate of drug-likeness (QED) is 0.416. The van der Waals surface area contributed by atoms with Gasteiger partial charge in [0.2, 0.25) is 0 Å². The lowest BCUT2D eigenvalue weighted by Gasteiger charge is -2.23. The standard InChI is InChI=1S/C20H31N5O2/c1-6-21-20(22-10-7-11-25-14-16(2)13-23-25)24(3)15-17-8-9-18(26-4)12-19(17)27-5/h8-9,12-14H,6-7,10-11,15H2,1-5H3,(H,21,22). The zero-order valence-electron chi connectivity index (χ0n) is 17.0. The highest BCUT2D eigenvalue weighted by molar-refractivity contribution is 5.79. The molecule has 7 nitrogen and oxygen atoms in total. The van der Waals surface area contributed by atoms with Crippen molar-refractivity contribution in [3.8, 4) is 11.5 Å². The summed E-state index contributed by atoms with van der Waals surface area (Å²) in [4.78, 5) is 6.85. The Morgan fingerprint density at radius 2 is 2.11 bits per heavy atom. The van der Waals surface area contributed by atoms with Crippen LogP contribution >= 0.6 is 0 Å². The number of rotatable bonds is 9. The van der Waals surface area contributed by atoms with Crippen molar-refractivity contribution in [1.82, 2.24) is 20.0 Å². The lowest BCUT2D eigenvalue weighted by atomic mass is 10.2. The number of ether oxygens (including phenoxy) is 2. The molecule has 0 radical (unpaired) electrons. The molecule has 0 bridgehead atoms. The van der Waals surface area contributed by atoms with Gasteiger partial charge in [-0.15, -0.1) is 0 Å². The minimum Gasteiger partial charge on any atom is -0.497 e. The Kier molecular flexibility index (Phi) is 7.98. The largest absolute Gasteiger partial charge is 0.497 e. The maximum atomic E-state index is 5.50. The van der Waals surface area contributed by atoms with Crippen molar-refractivity contribution in [3.05, 3.63) is 41.7 Å². The first-order valence-corrected chi connectivity index (χ1v) is 9.26. The van der Waals surface area contributed by atoms with Crippen LogP contribution in [-0.2, 0) is 13.1 Å². The van der Waals surface area contributed by atoms with Crippen LogP contribution in [0.25, 0.3) is 0 Å². The van der Waals surface area contributed by atoms with Gasteiger partial charge in [0.1, 0.15) is 11.5 Å². The highest BCUT2D eigenvalue weighted by Crippen LogP contribution is 2.25.